The molecule has 0 spiro atoms. The molecule has 4 heteroatoms. The highest BCUT2D eigenvalue weighted by Crippen LogP contribution is 2.13. The van der Waals surface area contributed by atoms with Gasteiger partial charge < -0.3 is 0 Å². The molecular weight excluding hydrogens is 234 g/mol. The molecule has 0 saturated carbocycles. The normalized spacial score (nSPS) is 10.8. The van der Waals surface area contributed by atoms with Crippen molar-refractivity contribution in [3.05, 3.63) is 65.2 Å². The van der Waals surface area contributed by atoms with Gasteiger partial charge in [-0.05, 0) is 36.2 Å². The van der Waals surface area contributed by atoms with Gasteiger partial charge >= 0.3 is 0 Å². The van der Waals surface area contributed by atoms with Crippen molar-refractivity contribution < 1.29 is 8.78 Å². The molecule has 0 atom stereocenters. The Hall–Kier alpha value is -2.23. The van der Waals surface area contributed by atoms with Crippen LogP contribution in [-0.2, 0) is 0 Å². The van der Waals surface area contributed by atoms with Gasteiger partial charge in [-0.2, -0.15) is 5.10 Å². The summed E-state index contributed by atoms with van der Waals surface area (Å²) in [5.74, 6) is -1.74. The van der Waals surface area contributed by atoms with Crippen molar-refractivity contribution in [3.63, 3.8) is 0 Å². The third-order valence-electron chi connectivity index (χ3n) is 2.49. The van der Waals surface area contributed by atoms with E-state index in [1.54, 1.807) is 0 Å². The van der Waals surface area contributed by atoms with E-state index in [2.05, 4.69) is 10.5 Å². The summed E-state index contributed by atoms with van der Waals surface area (Å²) in [6.45, 7) is 1.95. The lowest BCUT2D eigenvalue weighted by atomic mass is 10.2. The third-order valence-corrected chi connectivity index (χ3v) is 2.49. The van der Waals surface area contributed by atoms with Crippen molar-refractivity contribution in [2.75, 3.05) is 5.43 Å². The molecule has 2 rings (SSSR count). The summed E-state index contributed by atoms with van der Waals surface area (Å²) in [4.78, 5) is 0. The Bertz CT molecular complexity index is 580. The molecule has 0 aromatic heterocycles. The summed E-state index contributed by atoms with van der Waals surface area (Å²) in [6.07, 6.45) is 1.44. The quantitative estimate of drug-likeness (QED) is 0.647. The van der Waals surface area contributed by atoms with Gasteiger partial charge in [0.2, 0.25) is 0 Å². The molecule has 18 heavy (non-hydrogen) atoms. The SMILES string of the molecule is Cc1ccccc1N/N=C\c1ccc(F)c(F)c1. The average Bonchev–Trinajstić information content (AvgIpc) is 2.36. The van der Waals surface area contributed by atoms with Gasteiger partial charge in [-0.25, -0.2) is 8.78 Å². The fraction of sp³-hybridized carbons (Fsp3) is 0.0714. The zero-order valence-electron chi connectivity index (χ0n) is 9.82. The van der Waals surface area contributed by atoms with Crippen LogP contribution in [0, 0.1) is 18.6 Å². The van der Waals surface area contributed by atoms with E-state index in [9.17, 15) is 8.78 Å². The first-order chi connectivity index (χ1) is 8.66. The van der Waals surface area contributed by atoms with E-state index in [4.69, 9.17) is 0 Å². The highest BCUT2D eigenvalue weighted by Gasteiger charge is 2.00. The number of benzene rings is 2. The van der Waals surface area contributed by atoms with Crippen LogP contribution in [0.4, 0.5) is 14.5 Å². The van der Waals surface area contributed by atoms with Crippen molar-refractivity contribution in [1.29, 1.82) is 0 Å². The molecule has 2 aromatic carbocycles. The highest BCUT2D eigenvalue weighted by molar-refractivity contribution is 5.80. The topological polar surface area (TPSA) is 24.4 Å². The first kappa shape index (κ1) is 12.2. The van der Waals surface area contributed by atoms with E-state index < -0.39 is 11.6 Å². The van der Waals surface area contributed by atoms with Crippen LogP contribution in [-0.4, -0.2) is 6.21 Å². The molecule has 0 amide bonds. The van der Waals surface area contributed by atoms with Gasteiger partial charge in [0, 0.05) is 0 Å². The van der Waals surface area contributed by atoms with Crippen LogP contribution in [0.5, 0.6) is 0 Å². The molecule has 0 radical (unpaired) electrons. The van der Waals surface area contributed by atoms with E-state index >= 15 is 0 Å². The van der Waals surface area contributed by atoms with Crippen LogP contribution in [0.1, 0.15) is 11.1 Å². The molecule has 0 bridgehead atoms. The van der Waals surface area contributed by atoms with Crippen LogP contribution in [0.25, 0.3) is 0 Å². The number of nitrogens with one attached hydrogen (secondary N) is 1. The minimum absolute atomic E-state index is 0.495. The molecule has 0 heterocycles. The fourth-order valence-electron chi connectivity index (χ4n) is 1.47. The van der Waals surface area contributed by atoms with E-state index in [1.165, 1.54) is 12.3 Å². The number of para-hydroxylation sites is 1. The molecule has 0 aliphatic rings. The molecule has 1 N–H and O–H groups in total. The number of halogens is 2. The predicted octanol–water partition coefficient (Wildman–Crippen LogP) is 3.72. The van der Waals surface area contributed by atoms with Crippen LogP contribution in [0.2, 0.25) is 0 Å². The van der Waals surface area contributed by atoms with Gasteiger partial charge in [-0.1, -0.05) is 24.3 Å². The Kier molecular flexibility index (Phi) is 3.67. The molecule has 0 saturated heterocycles. The Labute approximate surface area is 104 Å². The third kappa shape index (κ3) is 2.91. The van der Waals surface area contributed by atoms with Gasteiger partial charge in [0.05, 0.1) is 11.9 Å². The highest BCUT2D eigenvalue weighted by atomic mass is 19.2. The predicted molar refractivity (Wildman–Crippen MR) is 68.8 cm³/mol. The molecule has 0 aliphatic carbocycles. The maximum Gasteiger partial charge on any atom is 0.159 e. The van der Waals surface area contributed by atoms with E-state index in [-0.39, 0.29) is 0 Å². The zero-order valence-corrected chi connectivity index (χ0v) is 9.82. The molecule has 0 aliphatic heterocycles. The van der Waals surface area contributed by atoms with E-state index in [0.717, 1.165) is 23.4 Å². The van der Waals surface area contributed by atoms with Crippen molar-refractivity contribution in [3.8, 4) is 0 Å². The average molecular weight is 246 g/mol. The number of nitrogens with zero attached hydrogens (tertiary/aromatic N) is 1. The summed E-state index contributed by atoms with van der Waals surface area (Å²) in [5, 5.41) is 3.98. The lowest BCUT2D eigenvalue weighted by molar-refractivity contribution is 0.508. The van der Waals surface area contributed by atoms with Crippen molar-refractivity contribution >= 4 is 11.9 Å². The van der Waals surface area contributed by atoms with Crippen LogP contribution in [0.15, 0.2) is 47.6 Å². The number of anilines is 1. The number of aryl methyl sites for hydroxylation is 1. The van der Waals surface area contributed by atoms with Gasteiger partial charge in [0.25, 0.3) is 0 Å². The second kappa shape index (κ2) is 5.40. The van der Waals surface area contributed by atoms with Crippen LogP contribution >= 0.6 is 0 Å². The maximum absolute atomic E-state index is 12.9. The summed E-state index contributed by atoms with van der Waals surface area (Å²) < 4.78 is 25.6. The van der Waals surface area contributed by atoms with Crippen LogP contribution < -0.4 is 5.43 Å². The lowest BCUT2D eigenvalue weighted by Crippen LogP contribution is -1.93. The first-order valence-corrected chi connectivity index (χ1v) is 5.46. The first-order valence-electron chi connectivity index (χ1n) is 5.46. The molecule has 92 valence electrons. The van der Waals surface area contributed by atoms with Crippen molar-refractivity contribution in [1.82, 2.24) is 0 Å². The van der Waals surface area contributed by atoms with Gasteiger partial charge in [0.1, 0.15) is 0 Å². The van der Waals surface area contributed by atoms with E-state index in [0.29, 0.717) is 5.56 Å². The van der Waals surface area contributed by atoms with Gasteiger partial charge in [-0.15, -0.1) is 0 Å². The summed E-state index contributed by atoms with van der Waals surface area (Å²) in [7, 11) is 0. The Morgan fingerprint density at radius 1 is 1.06 bits per heavy atom. The number of rotatable bonds is 3. The van der Waals surface area contributed by atoms with Crippen LogP contribution in [0.3, 0.4) is 0 Å². The smallest absolute Gasteiger partial charge is 0.159 e. The number of hydrogen-bond donors (Lipinski definition) is 1. The zero-order chi connectivity index (χ0) is 13.0. The summed E-state index contributed by atoms with van der Waals surface area (Å²) >= 11 is 0. The van der Waals surface area contributed by atoms with E-state index in [1.807, 2.05) is 31.2 Å². The number of hydrazone groups is 1. The molecular formula is C14H12F2N2. The molecule has 2 nitrogen and oxygen atoms in total. The van der Waals surface area contributed by atoms with Crippen molar-refractivity contribution in [2.24, 2.45) is 5.10 Å². The Morgan fingerprint density at radius 2 is 1.83 bits per heavy atom. The maximum atomic E-state index is 12.9. The second-order valence-corrected chi connectivity index (χ2v) is 3.86. The summed E-state index contributed by atoms with van der Waals surface area (Å²) in [5.41, 5.74) is 5.27. The molecule has 2 aromatic rings. The lowest BCUT2D eigenvalue weighted by Gasteiger charge is -2.03. The Balaban J connectivity index is 2.08. The monoisotopic (exact) mass is 246 g/mol. The minimum atomic E-state index is -0.880. The van der Waals surface area contributed by atoms with Gasteiger partial charge in [0.15, 0.2) is 11.6 Å². The Morgan fingerprint density at radius 3 is 2.56 bits per heavy atom. The molecule has 0 fully saturated rings. The molecule has 0 unspecified atom stereocenters. The number of hydrogen-bond acceptors (Lipinski definition) is 2. The largest absolute Gasteiger partial charge is 0.278 e. The second-order valence-electron chi connectivity index (χ2n) is 3.86. The standard InChI is InChI=1S/C14H12F2N2/c1-10-4-2-3-5-14(10)18-17-9-11-6-7-12(15)13(16)8-11/h2-9,18H,1H3/b17-9-. The summed E-state index contributed by atoms with van der Waals surface area (Å²) in [6, 6.07) is 11.3. The van der Waals surface area contributed by atoms with Gasteiger partial charge in [-0.3, -0.25) is 5.43 Å². The van der Waals surface area contributed by atoms with Crippen molar-refractivity contribution in [2.45, 2.75) is 6.92 Å². The fourth-order valence-corrected chi connectivity index (χ4v) is 1.47. The minimum Gasteiger partial charge on any atom is -0.278 e.